The van der Waals surface area contributed by atoms with Crippen molar-refractivity contribution in [2.75, 3.05) is 0 Å². The molecule has 1 aliphatic rings. The first-order valence-electron chi connectivity index (χ1n) is 7.95. The molecule has 0 spiro atoms. The lowest BCUT2D eigenvalue weighted by atomic mass is 9.78. The quantitative estimate of drug-likeness (QED) is 0.868. The molecule has 1 amide bonds. The van der Waals surface area contributed by atoms with Gasteiger partial charge in [-0.05, 0) is 38.2 Å². The first-order valence-corrected chi connectivity index (χ1v) is 7.95. The second-order valence-corrected chi connectivity index (χ2v) is 6.32. The van der Waals surface area contributed by atoms with Crippen LogP contribution in [0, 0.1) is 18.8 Å². The number of carbonyl (C=O) groups is 2. The molecule has 0 bridgehead atoms. The molecule has 5 heteroatoms. The summed E-state index contributed by atoms with van der Waals surface area (Å²) in [6.45, 7) is 7.67. The Labute approximate surface area is 131 Å². The molecule has 1 fully saturated rings. The number of amides is 1. The van der Waals surface area contributed by atoms with Crippen LogP contribution in [0.1, 0.15) is 56.2 Å². The van der Waals surface area contributed by atoms with Gasteiger partial charge in [-0.1, -0.05) is 26.7 Å². The molecule has 122 valence electrons. The van der Waals surface area contributed by atoms with Gasteiger partial charge in [0.05, 0.1) is 6.26 Å². The number of nitrogens with one attached hydrogen (secondary N) is 1. The smallest absolute Gasteiger partial charge is 0.342 e. The number of esters is 1. The van der Waals surface area contributed by atoms with Crippen molar-refractivity contribution in [1.29, 1.82) is 0 Å². The molecule has 1 N–H and O–H groups in total. The van der Waals surface area contributed by atoms with Crippen LogP contribution >= 0.6 is 0 Å². The summed E-state index contributed by atoms with van der Waals surface area (Å²) < 4.78 is 10.3. The highest BCUT2D eigenvalue weighted by Gasteiger charge is 2.30. The third-order valence-corrected chi connectivity index (χ3v) is 4.77. The summed E-state index contributed by atoms with van der Waals surface area (Å²) in [5, 5.41) is 3.02. The third-order valence-electron chi connectivity index (χ3n) is 4.77. The Morgan fingerprint density at radius 2 is 2.09 bits per heavy atom. The van der Waals surface area contributed by atoms with Crippen LogP contribution in [0.25, 0.3) is 0 Å². The second kappa shape index (κ2) is 6.99. The zero-order chi connectivity index (χ0) is 16.3. The van der Waals surface area contributed by atoms with Crippen molar-refractivity contribution < 1.29 is 18.7 Å². The van der Waals surface area contributed by atoms with Crippen LogP contribution in [0.4, 0.5) is 0 Å². The number of carbonyl (C=O) groups excluding carboxylic acids is 2. The normalized spacial score (nSPS) is 26.3. The largest absolute Gasteiger partial charge is 0.469 e. The molecule has 2 rings (SSSR count). The summed E-state index contributed by atoms with van der Waals surface area (Å²) in [5.74, 6) is 0.772. The number of hydrogen-bond acceptors (Lipinski definition) is 4. The average Bonchev–Trinajstić information content (AvgIpc) is 2.90. The average molecular weight is 307 g/mol. The van der Waals surface area contributed by atoms with Gasteiger partial charge in [-0.2, -0.15) is 0 Å². The Bertz CT molecular complexity index is 537. The van der Waals surface area contributed by atoms with Crippen LogP contribution < -0.4 is 5.32 Å². The SMILES string of the molecule is Cc1occc1C(=O)O[C@H](C)C(=O)N[C@@H]1CCC[C@H](C)[C@@H]1C. The van der Waals surface area contributed by atoms with Gasteiger partial charge < -0.3 is 14.5 Å². The molecule has 1 aromatic rings. The third kappa shape index (κ3) is 3.70. The van der Waals surface area contributed by atoms with Gasteiger partial charge in [0.2, 0.25) is 0 Å². The topological polar surface area (TPSA) is 68.5 Å². The van der Waals surface area contributed by atoms with Crippen molar-refractivity contribution in [3.05, 3.63) is 23.7 Å². The Hall–Kier alpha value is -1.78. The summed E-state index contributed by atoms with van der Waals surface area (Å²) in [7, 11) is 0. The zero-order valence-electron chi connectivity index (χ0n) is 13.7. The van der Waals surface area contributed by atoms with Crippen molar-refractivity contribution in [2.24, 2.45) is 11.8 Å². The number of ether oxygens (including phenoxy) is 1. The lowest BCUT2D eigenvalue weighted by molar-refractivity contribution is -0.130. The highest BCUT2D eigenvalue weighted by molar-refractivity contribution is 5.93. The Kier molecular flexibility index (Phi) is 5.27. The van der Waals surface area contributed by atoms with Gasteiger partial charge in [-0.3, -0.25) is 4.79 Å². The summed E-state index contributed by atoms with van der Waals surface area (Å²) in [5.41, 5.74) is 0.360. The molecule has 0 aromatic carbocycles. The standard InChI is InChI=1S/C17H25NO4/c1-10-6-5-7-15(11(10)2)18-16(19)13(4)22-17(20)14-8-9-21-12(14)3/h8-11,13,15H,5-7H2,1-4H3,(H,18,19)/t10-,11-,13+,15+/m0/s1. The predicted molar refractivity (Wildman–Crippen MR) is 82.4 cm³/mol. The Balaban J connectivity index is 1.89. The molecular weight excluding hydrogens is 282 g/mol. The summed E-state index contributed by atoms with van der Waals surface area (Å²) in [6, 6.07) is 1.71. The fourth-order valence-corrected chi connectivity index (χ4v) is 2.96. The van der Waals surface area contributed by atoms with Crippen molar-refractivity contribution in [3.8, 4) is 0 Å². The van der Waals surface area contributed by atoms with E-state index in [1.54, 1.807) is 19.9 Å². The van der Waals surface area contributed by atoms with E-state index < -0.39 is 12.1 Å². The highest BCUT2D eigenvalue weighted by Crippen LogP contribution is 2.29. The van der Waals surface area contributed by atoms with Crippen molar-refractivity contribution in [2.45, 2.75) is 59.1 Å². The van der Waals surface area contributed by atoms with E-state index in [4.69, 9.17) is 9.15 Å². The van der Waals surface area contributed by atoms with Crippen molar-refractivity contribution in [1.82, 2.24) is 5.32 Å². The van der Waals surface area contributed by atoms with Crippen LogP contribution in [-0.4, -0.2) is 24.0 Å². The maximum absolute atomic E-state index is 12.2. The number of furan rings is 1. The zero-order valence-corrected chi connectivity index (χ0v) is 13.7. The van der Waals surface area contributed by atoms with Gasteiger partial charge in [0.25, 0.3) is 5.91 Å². The van der Waals surface area contributed by atoms with Gasteiger partial charge in [-0.25, -0.2) is 4.79 Å². The molecule has 0 radical (unpaired) electrons. The van der Waals surface area contributed by atoms with Crippen molar-refractivity contribution >= 4 is 11.9 Å². The first kappa shape index (κ1) is 16.6. The van der Waals surface area contributed by atoms with E-state index in [1.807, 2.05) is 0 Å². The van der Waals surface area contributed by atoms with E-state index in [0.29, 0.717) is 23.2 Å². The maximum Gasteiger partial charge on any atom is 0.342 e. The Morgan fingerprint density at radius 1 is 1.36 bits per heavy atom. The summed E-state index contributed by atoms with van der Waals surface area (Å²) in [4.78, 5) is 24.2. The molecule has 4 atom stereocenters. The van der Waals surface area contributed by atoms with E-state index in [-0.39, 0.29) is 11.9 Å². The van der Waals surface area contributed by atoms with Crippen LogP contribution in [0.5, 0.6) is 0 Å². The molecule has 0 aliphatic heterocycles. The first-order chi connectivity index (χ1) is 10.4. The predicted octanol–water partition coefficient (Wildman–Crippen LogP) is 3.07. The van der Waals surface area contributed by atoms with Gasteiger partial charge in [0.15, 0.2) is 6.10 Å². The molecule has 5 nitrogen and oxygen atoms in total. The summed E-state index contributed by atoms with van der Waals surface area (Å²) >= 11 is 0. The highest BCUT2D eigenvalue weighted by atomic mass is 16.5. The van der Waals surface area contributed by atoms with Crippen LogP contribution in [0.2, 0.25) is 0 Å². The van der Waals surface area contributed by atoms with E-state index in [1.165, 1.54) is 12.7 Å². The molecule has 1 aromatic heterocycles. The minimum Gasteiger partial charge on any atom is -0.469 e. The number of rotatable bonds is 4. The van der Waals surface area contributed by atoms with Crippen molar-refractivity contribution in [3.63, 3.8) is 0 Å². The molecule has 22 heavy (non-hydrogen) atoms. The fourth-order valence-electron chi connectivity index (χ4n) is 2.96. The Morgan fingerprint density at radius 3 is 2.73 bits per heavy atom. The van der Waals surface area contributed by atoms with E-state index in [2.05, 4.69) is 19.2 Å². The molecule has 0 saturated heterocycles. The minimum absolute atomic E-state index is 0.160. The molecule has 1 heterocycles. The number of hydrogen-bond donors (Lipinski definition) is 1. The second-order valence-electron chi connectivity index (χ2n) is 6.32. The van der Waals surface area contributed by atoms with Gasteiger partial charge in [0.1, 0.15) is 11.3 Å². The minimum atomic E-state index is -0.814. The van der Waals surface area contributed by atoms with Crippen LogP contribution in [0.15, 0.2) is 16.7 Å². The van der Waals surface area contributed by atoms with Gasteiger partial charge >= 0.3 is 5.97 Å². The van der Waals surface area contributed by atoms with Crippen LogP contribution in [0.3, 0.4) is 0 Å². The maximum atomic E-state index is 12.2. The molecule has 1 aliphatic carbocycles. The molecule has 0 unspecified atom stereocenters. The van der Waals surface area contributed by atoms with Crippen LogP contribution in [-0.2, 0) is 9.53 Å². The van der Waals surface area contributed by atoms with E-state index >= 15 is 0 Å². The van der Waals surface area contributed by atoms with E-state index in [9.17, 15) is 9.59 Å². The van der Waals surface area contributed by atoms with E-state index in [0.717, 1.165) is 12.8 Å². The van der Waals surface area contributed by atoms with Gasteiger partial charge in [0, 0.05) is 6.04 Å². The monoisotopic (exact) mass is 307 g/mol. The lowest BCUT2D eigenvalue weighted by Gasteiger charge is -2.35. The lowest BCUT2D eigenvalue weighted by Crippen LogP contribution is -2.47. The fraction of sp³-hybridized carbons (Fsp3) is 0.647. The molecular formula is C17H25NO4. The summed E-state index contributed by atoms with van der Waals surface area (Å²) in [6.07, 6.45) is 3.93. The number of aryl methyl sites for hydroxylation is 1. The van der Waals surface area contributed by atoms with Gasteiger partial charge in [-0.15, -0.1) is 0 Å². The molecule has 1 saturated carbocycles.